The van der Waals surface area contributed by atoms with Gasteiger partial charge < -0.3 is 10.6 Å². The average molecular weight is 289 g/mol. The molecule has 21 heavy (non-hydrogen) atoms. The highest BCUT2D eigenvalue weighted by Crippen LogP contribution is 2.19. The van der Waals surface area contributed by atoms with E-state index < -0.39 is 0 Å². The molecule has 2 N–H and O–H groups in total. The molecule has 0 aromatic heterocycles. The molecular weight excluding hydrogens is 258 g/mol. The predicted octanol–water partition coefficient (Wildman–Crippen LogP) is 2.71. The molecule has 1 fully saturated rings. The van der Waals surface area contributed by atoms with Gasteiger partial charge in [-0.2, -0.15) is 0 Å². The summed E-state index contributed by atoms with van der Waals surface area (Å²) in [4.78, 5) is 5.25. The number of hydrogen-bond donors (Lipinski definition) is 1. The SMILES string of the molecule is CCN1CCCC(N(CCCN)Cc2ccccc2)CC1. The molecule has 1 saturated heterocycles. The smallest absolute Gasteiger partial charge is 0.0236 e. The fourth-order valence-corrected chi connectivity index (χ4v) is 3.32. The Balaban J connectivity index is 1.97. The van der Waals surface area contributed by atoms with E-state index in [1.54, 1.807) is 0 Å². The summed E-state index contributed by atoms with van der Waals surface area (Å²) in [6, 6.07) is 11.6. The van der Waals surface area contributed by atoms with Gasteiger partial charge in [-0.05, 0) is 64.0 Å². The van der Waals surface area contributed by atoms with E-state index >= 15 is 0 Å². The highest BCUT2D eigenvalue weighted by molar-refractivity contribution is 5.14. The molecule has 3 nitrogen and oxygen atoms in total. The number of nitrogens with two attached hydrogens (primary N) is 1. The summed E-state index contributed by atoms with van der Waals surface area (Å²) >= 11 is 0. The van der Waals surface area contributed by atoms with Gasteiger partial charge in [-0.25, -0.2) is 0 Å². The van der Waals surface area contributed by atoms with Gasteiger partial charge in [0.1, 0.15) is 0 Å². The molecule has 1 atom stereocenters. The monoisotopic (exact) mass is 289 g/mol. The van der Waals surface area contributed by atoms with Crippen LogP contribution in [0.3, 0.4) is 0 Å². The summed E-state index contributed by atoms with van der Waals surface area (Å²) in [6.07, 6.45) is 5.05. The summed E-state index contributed by atoms with van der Waals surface area (Å²) in [5.41, 5.74) is 7.16. The first-order valence-electron chi connectivity index (χ1n) is 8.54. The molecular formula is C18H31N3. The fraction of sp³-hybridized carbons (Fsp3) is 0.667. The van der Waals surface area contributed by atoms with Gasteiger partial charge in [0.05, 0.1) is 0 Å². The Bertz CT molecular complexity index is 379. The minimum absolute atomic E-state index is 0.716. The Hall–Kier alpha value is -0.900. The first-order valence-corrected chi connectivity index (χ1v) is 8.54. The number of hydrogen-bond acceptors (Lipinski definition) is 3. The van der Waals surface area contributed by atoms with E-state index in [2.05, 4.69) is 47.1 Å². The van der Waals surface area contributed by atoms with Crippen molar-refractivity contribution in [2.75, 3.05) is 32.7 Å². The van der Waals surface area contributed by atoms with Gasteiger partial charge in [0, 0.05) is 12.6 Å². The predicted molar refractivity (Wildman–Crippen MR) is 90.3 cm³/mol. The second-order valence-electron chi connectivity index (χ2n) is 6.12. The van der Waals surface area contributed by atoms with Crippen LogP contribution in [-0.2, 0) is 6.54 Å². The van der Waals surface area contributed by atoms with Gasteiger partial charge >= 0.3 is 0 Å². The standard InChI is InChI=1S/C18H31N3/c1-2-20-13-6-10-18(11-15-20)21(14-7-12-19)16-17-8-4-3-5-9-17/h3-5,8-9,18H,2,6-7,10-16,19H2,1H3. The van der Waals surface area contributed by atoms with Crippen LogP contribution in [0.25, 0.3) is 0 Å². The zero-order valence-corrected chi connectivity index (χ0v) is 13.5. The Kier molecular flexibility index (Phi) is 7.20. The van der Waals surface area contributed by atoms with Crippen LogP contribution >= 0.6 is 0 Å². The van der Waals surface area contributed by atoms with Crippen LogP contribution in [0.2, 0.25) is 0 Å². The first kappa shape index (κ1) is 16.5. The van der Waals surface area contributed by atoms with Gasteiger partial charge in [-0.3, -0.25) is 4.90 Å². The molecule has 0 amide bonds. The van der Waals surface area contributed by atoms with Crippen molar-refractivity contribution in [3.63, 3.8) is 0 Å². The Morgan fingerprint density at radius 3 is 2.71 bits per heavy atom. The largest absolute Gasteiger partial charge is 0.330 e. The Morgan fingerprint density at radius 2 is 2.00 bits per heavy atom. The maximum absolute atomic E-state index is 5.74. The molecule has 1 aromatic rings. The maximum Gasteiger partial charge on any atom is 0.0236 e. The van der Waals surface area contributed by atoms with Crippen LogP contribution < -0.4 is 5.73 Å². The topological polar surface area (TPSA) is 32.5 Å². The molecule has 1 aliphatic rings. The van der Waals surface area contributed by atoms with E-state index in [1.165, 1.54) is 44.5 Å². The number of rotatable bonds is 7. The minimum Gasteiger partial charge on any atom is -0.330 e. The second kappa shape index (κ2) is 9.19. The van der Waals surface area contributed by atoms with Crippen molar-refractivity contribution < 1.29 is 0 Å². The van der Waals surface area contributed by atoms with Gasteiger partial charge in [0.15, 0.2) is 0 Å². The van der Waals surface area contributed by atoms with Crippen molar-refractivity contribution in [1.29, 1.82) is 0 Å². The van der Waals surface area contributed by atoms with E-state index in [4.69, 9.17) is 5.73 Å². The molecule has 0 bridgehead atoms. The van der Waals surface area contributed by atoms with Gasteiger partial charge in [0.25, 0.3) is 0 Å². The number of benzene rings is 1. The normalized spacial score (nSPS) is 20.6. The molecule has 2 rings (SSSR count). The van der Waals surface area contributed by atoms with Crippen LogP contribution in [0.15, 0.2) is 30.3 Å². The first-order chi connectivity index (χ1) is 10.3. The minimum atomic E-state index is 0.716. The summed E-state index contributed by atoms with van der Waals surface area (Å²) in [5, 5.41) is 0. The highest BCUT2D eigenvalue weighted by Gasteiger charge is 2.21. The lowest BCUT2D eigenvalue weighted by Crippen LogP contribution is -2.37. The van der Waals surface area contributed by atoms with E-state index in [-0.39, 0.29) is 0 Å². The summed E-state index contributed by atoms with van der Waals surface area (Å²) in [6.45, 7) is 8.96. The third-order valence-electron chi connectivity index (χ3n) is 4.63. The summed E-state index contributed by atoms with van der Waals surface area (Å²) in [5.74, 6) is 0. The lowest BCUT2D eigenvalue weighted by atomic mass is 10.1. The third-order valence-corrected chi connectivity index (χ3v) is 4.63. The van der Waals surface area contributed by atoms with Crippen LogP contribution in [0.4, 0.5) is 0 Å². The van der Waals surface area contributed by atoms with Crippen molar-refractivity contribution in [2.45, 2.75) is 45.2 Å². The van der Waals surface area contributed by atoms with Gasteiger partial charge in [-0.15, -0.1) is 0 Å². The molecule has 0 radical (unpaired) electrons. The van der Waals surface area contributed by atoms with Crippen LogP contribution in [0.1, 0.15) is 38.2 Å². The van der Waals surface area contributed by atoms with Crippen LogP contribution in [0.5, 0.6) is 0 Å². The summed E-state index contributed by atoms with van der Waals surface area (Å²) in [7, 11) is 0. The average Bonchev–Trinajstić information content (AvgIpc) is 2.78. The van der Waals surface area contributed by atoms with Crippen molar-refractivity contribution in [1.82, 2.24) is 9.80 Å². The molecule has 3 heteroatoms. The maximum atomic E-state index is 5.74. The van der Waals surface area contributed by atoms with E-state index in [0.717, 1.165) is 26.1 Å². The van der Waals surface area contributed by atoms with Crippen molar-refractivity contribution >= 4 is 0 Å². The molecule has 0 saturated carbocycles. The van der Waals surface area contributed by atoms with Gasteiger partial charge in [-0.1, -0.05) is 37.3 Å². The number of nitrogens with zero attached hydrogens (tertiary/aromatic N) is 2. The zero-order valence-electron chi connectivity index (χ0n) is 13.5. The number of likely N-dealkylation sites (tertiary alicyclic amines) is 1. The molecule has 0 aliphatic carbocycles. The lowest BCUT2D eigenvalue weighted by molar-refractivity contribution is 0.167. The molecule has 1 heterocycles. The highest BCUT2D eigenvalue weighted by atomic mass is 15.2. The van der Waals surface area contributed by atoms with E-state index in [0.29, 0.717) is 6.04 Å². The van der Waals surface area contributed by atoms with Crippen LogP contribution in [-0.4, -0.2) is 48.6 Å². The Labute approximate surface area is 130 Å². The van der Waals surface area contributed by atoms with Crippen molar-refractivity contribution in [2.24, 2.45) is 5.73 Å². The molecule has 1 unspecified atom stereocenters. The second-order valence-corrected chi connectivity index (χ2v) is 6.12. The zero-order chi connectivity index (χ0) is 14.9. The molecule has 118 valence electrons. The molecule has 1 aliphatic heterocycles. The van der Waals surface area contributed by atoms with E-state index in [9.17, 15) is 0 Å². The molecule has 1 aromatic carbocycles. The molecule has 0 spiro atoms. The summed E-state index contributed by atoms with van der Waals surface area (Å²) < 4.78 is 0. The van der Waals surface area contributed by atoms with E-state index in [1.807, 2.05) is 0 Å². The fourth-order valence-electron chi connectivity index (χ4n) is 3.32. The lowest BCUT2D eigenvalue weighted by Gasteiger charge is -2.31. The van der Waals surface area contributed by atoms with Crippen molar-refractivity contribution in [3.05, 3.63) is 35.9 Å². The third kappa shape index (κ3) is 5.42. The Morgan fingerprint density at radius 1 is 1.19 bits per heavy atom. The van der Waals surface area contributed by atoms with Crippen molar-refractivity contribution in [3.8, 4) is 0 Å². The van der Waals surface area contributed by atoms with Gasteiger partial charge in [0.2, 0.25) is 0 Å². The quantitative estimate of drug-likeness (QED) is 0.837. The van der Waals surface area contributed by atoms with Crippen LogP contribution in [0, 0.1) is 0 Å².